The van der Waals surface area contributed by atoms with Crippen LogP contribution in [-0.4, -0.2) is 20.6 Å². The summed E-state index contributed by atoms with van der Waals surface area (Å²) in [5.74, 6) is -0.518. The van der Waals surface area contributed by atoms with Gasteiger partial charge in [0.2, 0.25) is 0 Å². The fourth-order valence-electron chi connectivity index (χ4n) is 1.33. The standard InChI is InChI=1S/C9H8N2O3S/c1-4-10-7-6(8(12)11(4)2)5(3-15-7)9(13)14/h3H,1-2H3,(H,13,14). The van der Waals surface area contributed by atoms with Crippen LogP contribution in [0.3, 0.4) is 0 Å². The van der Waals surface area contributed by atoms with E-state index in [1.54, 1.807) is 14.0 Å². The zero-order chi connectivity index (χ0) is 11.2. The minimum absolute atomic E-state index is 0.0306. The molecule has 78 valence electrons. The molecule has 0 spiro atoms. The molecule has 2 rings (SSSR count). The highest BCUT2D eigenvalue weighted by atomic mass is 32.1. The molecule has 0 bridgehead atoms. The van der Waals surface area contributed by atoms with E-state index in [1.165, 1.54) is 21.3 Å². The number of hydrogen-bond acceptors (Lipinski definition) is 4. The van der Waals surface area contributed by atoms with E-state index in [2.05, 4.69) is 4.98 Å². The molecule has 0 aliphatic rings. The number of aromatic nitrogens is 2. The Morgan fingerprint density at radius 2 is 2.27 bits per heavy atom. The van der Waals surface area contributed by atoms with Crippen molar-refractivity contribution >= 4 is 27.5 Å². The number of aryl methyl sites for hydroxylation is 1. The lowest BCUT2D eigenvalue weighted by Gasteiger charge is -2.01. The average molecular weight is 224 g/mol. The van der Waals surface area contributed by atoms with E-state index in [0.717, 1.165) is 0 Å². The summed E-state index contributed by atoms with van der Waals surface area (Å²) >= 11 is 1.17. The molecule has 0 unspecified atom stereocenters. The summed E-state index contributed by atoms with van der Waals surface area (Å²) in [5, 5.41) is 10.5. The maximum absolute atomic E-state index is 11.8. The van der Waals surface area contributed by atoms with Crippen molar-refractivity contribution in [2.45, 2.75) is 6.92 Å². The van der Waals surface area contributed by atoms with Crippen LogP contribution in [0.5, 0.6) is 0 Å². The third kappa shape index (κ3) is 1.33. The van der Waals surface area contributed by atoms with Gasteiger partial charge in [0, 0.05) is 12.4 Å². The van der Waals surface area contributed by atoms with Crippen LogP contribution in [0.4, 0.5) is 0 Å². The zero-order valence-electron chi connectivity index (χ0n) is 8.14. The lowest BCUT2D eigenvalue weighted by Crippen LogP contribution is -2.21. The molecule has 0 amide bonds. The van der Waals surface area contributed by atoms with Crippen LogP contribution >= 0.6 is 11.3 Å². The first-order chi connectivity index (χ1) is 7.02. The first-order valence-corrected chi connectivity index (χ1v) is 5.08. The molecule has 2 aromatic rings. The molecule has 2 heterocycles. The summed E-state index contributed by atoms with van der Waals surface area (Å²) in [6.45, 7) is 1.71. The molecule has 5 nitrogen and oxygen atoms in total. The molecule has 0 aromatic carbocycles. The predicted molar refractivity (Wildman–Crippen MR) is 56.6 cm³/mol. The van der Waals surface area contributed by atoms with Gasteiger partial charge in [-0.15, -0.1) is 11.3 Å². The fraction of sp³-hybridized carbons (Fsp3) is 0.222. The Hall–Kier alpha value is -1.69. The van der Waals surface area contributed by atoms with Gasteiger partial charge < -0.3 is 5.11 Å². The topological polar surface area (TPSA) is 72.2 Å². The number of thiophene rings is 1. The lowest BCUT2D eigenvalue weighted by molar-refractivity contribution is 0.0699. The number of carboxylic acid groups (broad SMARTS) is 1. The van der Waals surface area contributed by atoms with Crippen molar-refractivity contribution in [3.8, 4) is 0 Å². The van der Waals surface area contributed by atoms with E-state index < -0.39 is 5.97 Å². The normalized spacial score (nSPS) is 10.8. The highest BCUT2D eigenvalue weighted by Crippen LogP contribution is 2.21. The maximum Gasteiger partial charge on any atom is 0.337 e. The van der Waals surface area contributed by atoms with Crippen molar-refractivity contribution in [3.63, 3.8) is 0 Å². The predicted octanol–water partition coefficient (Wildman–Crippen LogP) is 1.00. The third-order valence-corrected chi connectivity index (χ3v) is 3.14. The van der Waals surface area contributed by atoms with Crippen LogP contribution in [0.2, 0.25) is 0 Å². The van der Waals surface area contributed by atoms with E-state index in [9.17, 15) is 9.59 Å². The van der Waals surface area contributed by atoms with Gasteiger partial charge in [0.1, 0.15) is 10.7 Å². The lowest BCUT2D eigenvalue weighted by atomic mass is 10.2. The first kappa shape index (κ1) is 9.85. The Bertz CT molecular complexity index is 612. The van der Waals surface area contributed by atoms with Crippen molar-refractivity contribution in [1.82, 2.24) is 9.55 Å². The molecule has 1 N–H and O–H groups in total. The van der Waals surface area contributed by atoms with Crippen molar-refractivity contribution in [1.29, 1.82) is 0 Å². The number of fused-ring (bicyclic) bond motifs is 1. The average Bonchev–Trinajstić information content (AvgIpc) is 2.58. The van der Waals surface area contributed by atoms with Crippen LogP contribution in [0.25, 0.3) is 10.2 Å². The molecular weight excluding hydrogens is 216 g/mol. The van der Waals surface area contributed by atoms with Crippen LogP contribution in [-0.2, 0) is 7.05 Å². The second-order valence-corrected chi connectivity index (χ2v) is 4.02. The highest BCUT2D eigenvalue weighted by Gasteiger charge is 2.16. The quantitative estimate of drug-likeness (QED) is 0.784. The van der Waals surface area contributed by atoms with Gasteiger partial charge in [0.05, 0.1) is 10.9 Å². The number of carboxylic acids is 1. The van der Waals surface area contributed by atoms with Gasteiger partial charge in [-0.25, -0.2) is 9.78 Å². The molecule has 6 heteroatoms. The number of carbonyl (C=O) groups is 1. The smallest absolute Gasteiger partial charge is 0.337 e. The molecule has 2 aromatic heterocycles. The Morgan fingerprint density at radius 3 is 2.87 bits per heavy atom. The van der Waals surface area contributed by atoms with E-state index >= 15 is 0 Å². The third-order valence-electron chi connectivity index (χ3n) is 2.27. The summed E-state index contributed by atoms with van der Waals surface area (Å²) in [7, 11) is 1.58. The summed E-state index contributed by atoms with van der Waals surface area (Å²) in [4.78, 5) is 27.3. The van der Waals surface area contributed by atoms with Gasteiger partial charge in [-0.1, -0.05) is 0 Å². The Morgan fingerprint density at radius 1 is 1.60 bits per heavy atom. The Labute approximate surface area is 88.6 Å². The summed E-state index contributed by atoms with van der Waals surface area (Å²) in [6.07, 6.45) is 0. The van der Waals surface area contributed by atoms with Crippen LogP contribution in [0, 0.1) is 6.92 Å². The monoisotopic (exact) mass is 224 g/mol. The summed E-state index contributed by atoms with van der Waals surface area (Å²) in [6, 6.07) is 0. The summed E-state index contributed by atoms with van der Waals surface area (Å²) in [5.41, 5.74) is -0.278. The van der Waals surface area contributed by atoms with Crippen LogP contribution < -0.4 is 5.56 Å². The van der Waals surface area contributed by atoms with Crippen LogP contribution in [0.15, 0.2) is 10.2 Å². The molecule has 0 atom stereocenters. The maximum atomic E-state index is 11.8. The molecule has 0 saturated heterocycles. The van der Waals surface area contributed by atoms with Crippen LogP contribution in [0.1, 0.15) is 16.2 Å². The second kappa shape index (κ2) is 3.16. The van der Waals surface area contributed by atoms with Gasteiger partial charge in [-0.3, -0.25) is 9.36 Å². The molecule has 0 radical (unpaired) electrons. The van der Waals surface area contributed by atoms with Crippen molar-refractivity contribution in [2.24, 2.45) is 7.05 Å². The number of aromatic carboxylic acids is 1. The molecule has 15 heavy (non-hydrogen) atoms. The van der Waals surface area contributed by atoms with E-state index in [4.69, 9.17) is 5.11 Å². The zero-order valence-corrected chi connectivity index (χ0v) is 8.96. The first-order valence-electron chi connectivity index (χ1n) is 4.20. The molecule has 0 aliphatic carbocycles. The molecular formula is C9H8N2O3S. The van der Waals surface area contributed by atoms with Gasteiger partial charge >= 0.3 is 5.97 Å². The number of rotatable bonds is 1. The van der Waals surface area contributed by atoms with E-state index in [0.29, 0.717) is 10.7 Å². The number of hydrogen-bond donors (Lipinski definition) is 1. The minimum Gasteiger partial charge on any atom is -0.478 e. The van der Waals surface area contributed by atoms with Gasteiger partial charge in [-0.2, -0.15) is 0 Å². The molecule has 0 aliphatic heterocycles. The van der Waals surface area contributed by atoms with Crippen molar-refractivity contribution in [3.05, 3.63) is 27.1 Å². The van der Waals surface area contributed by atoms with Gasteiger partial charge in [0.15, 0.2) is 0 Å². The van der Waals surface area contributed by atoms with Gasteiger partial charge in [-0.05, 0) is 6.92 Å². The largest absolute Gasteiger partial charge is 0.478 e. The van der Waals surface area contributed by atoms with E-state index in [-0.39, 0.29) is 16.5 Å². The van der Waals surface area contributed by atoms with Crippen molar-refractivity contribution in [2.75, 3.05) is 0 Å². The van der Waals surface area contributed by atoms with E-state index in [1.807, 2.05) is 0 Å². The number of nitrogens with zero attached hydrogens (tertiary/aromatic N) is 2. The Balaban J connectivity index is 2.98. The van der Waals surface area contributed by atoms with Gasteiger partial charge in [0.25, 0.3) is 5.56 Å². The highest BCUT2D eigenvalue weighted by molar-refractivity contribution is 7.17. The molecule has 0 fully saturated rings. The summed E-state index contributed by atoms with van der Waals surface area (Å²) < 4.78 is 1.35. The molecule has 0 saturated carbocycles. The SMILES string of the molecule is Cc1nc2scc(C(=O)O)c2c(=O)n1C. The minimum atomic E-state index is -1.09. The second-order valence-electron chi connectivity index (χ2n) is 3.16. The fourth-order valence-corrected chi connectivity index (χ4v) is 2.28. The van der Waals surface area contributed by atoms with Crippen molar-refractivity contribution < 1.29 is 9.90 Å². The Kier molecular flexibility index (Phi) is 2.08.